The zero-order chi connectivity index (χ0) is 31.5. The molecule has 1 aromatic heterocycles. The fourth-order valence-electron chi connectivity index (χ4n) is 9.76. The number of rotatable bonds is 2. The van der Waals surface area contributed by atoms with Crippen LogP contribution >= 0.6 is 0 Å². The molecule has 0 atom stereocenters. The van der Waals surface area contributed by atoms with Gasteiger partial charge in [0.2, 0.25) is 0 Å². The molecule has 0 amide bonds. The second kappa shape index (κ2) is 9.45. The Labute approximate surface area is 280 Å². The topological polar surface area (TPSA) is 38.7 Å². The van der Waals surface area contributed by atoms with Crippen LogP contribution in [0.5, 0.6) is 0 Å². The summed E-state index contributed by atoms with van der Waals surface area (Å²) in [5.41, 5.74) is 18.8. The fourth-order valence-corrected chi connectivity index (χ4v) is 9.76. The van der Waals surface area contributed by atoms with E-state index in [4.69, 9.17) is 15.0 Å². The SMILES string of the molecule is c1ccc2c(c1)CC1(C2)c2ccccc2-c2ccc(-c3ncnc(-c4ccc5c(c4)C4(Cc6ccccc6C4)c4ccccc4-5)n3)cc21. The lowest BCUT2D eigenvalue weighted by Gasteiger charge is -2.27. The standard InChI is InChI=1S/C45H31N3/c1-2-10-31-24-44(23-30(31)9-1)38-15-7-5-13-34(38)36-19-17-28(21-40(36)44)42-46-27-47-43(48-42)29-18-20-37-35-14-6-8-16-39(35)45(41(37)22-29)25-32-11-3-4-12-33(32)26-45/h1-22,27H,23-26H2. The lowest BCUT2D eigenvalue weighted by atomic mass is 9.75. The molecule has 0 radical (unpaired) electrons. The Morgan fingerprint density at radius 3 is 1.19 bits per heavy atom. The third-order valence-electron chi connectivity index (χ3n) is 11.8. The first-order chi connectivity index (χ1) is 23.7. The van der Waals surface area contributed by atoms with Gasteiger partial charge in [-0.2, -0.15) is 0 Å². The Hall–Kier alpha value is -5.67. The van der Waals surface area contributed by atoms with Crippen LogP contribution in [0.25, 0.3) is 45.0 Å². The van der Waals surface area contributed by atoms with Crippen molar-refractivity contribution in [2.75, 3.05) is 0 Å². The van der Waals surface area contributed by atoms with Crippen molar-refractivity contribution < 1.29 is 0 Å². The summed E-state index contributed by atoms with van der Waals surface area (Å²) >= 11 is 0. The van der Waals surface area contributed by atoms with E-state index in [0.717, 1.165) is 48.5 Å². The van der Waals surface area contributed by atoms with Crippen LogP contribution in [0.2, 0.25) is 0 Å². The average molecular weight is 614 g/mol. The minimum Gasteiger partial charge on any atom is -0.217 e. The Kier molecular flexibility index (Phi) is 5.20. The highest BCUT2D eigenvalue weighted by Gasteiger charge is 2.48. The molecule has 2 spiro atoms. The van der Waals surface area contributed by atoms with Gasteiger partial charge in [-0.25, -0.2) is 15.0 Å². The molecule has 0 unspecified atom stereocenters. The maximum Gasteiger partial charge on any atom is 0.163 e. The van der Waals surface area contributed by atoms with Crippen molar-refractivity contribution in [1.82, 2.24) is 15.0 Å². The van der Waals surface area contributed by atoms with Gasteiger partial charge in [0.05, 0.1) is 0 Å². The fraction of sp³-hybridized carbons (Fsp3) is 0.133. The van der Waals surface area contributed by atoms with E-state index in [-0.39, 0.29) is 10.8 Å². The van der Waals surface area contributed by atoms with Crippen LogP contribution in [0, 0.1) is 0 Å². The van der Waals surface area contributed by atoms with Crippen molar-refractivity contribution in [3.63, 3.8) is 0 Å². The van der Waals surface area contributed by atoms with Crippen molar-refractivity contribution >= 4 is 0 Å². The van der Waals surface area contributed by atoms with E-state index in [2.05, 4.69) is 133 Å². The van der Waals surface area contributed by atoms with Crippen LogP contribution < -0.4 is 0 Å². The van der Waals surface area contributed by atoms with E-state index >= 15 is 0 Å². The van der Waals surface area contributed by atoms with Crippen LogP contribution in [-0.2, 0) is 36.5 Å². The molecule has 7 aromatic rings. The Morgan fingerprint density at radius 2 is 0.750 bits per heavy atom. The quantitative estimate of drug-likeness (QED) is 0.195. The highest BCUT2D eigenvalue weighted by molar-refractivity contribution is 5.86. The number of nitrogens with zero attached hydrogens (tertiary/aromatic N) is 3. The van der Waals surface area contributed by atoms with E-state index in [1.54, 1.807) is 6.33 Å². The third-order valence-corrected chi connectivity index (χ3v) is 11.8. The van der Waals surface area contributed by atoms with Gasteiger partial charge in [0, 0.05) is 22.0 Å². The summed E-state index contributed by atoms with van der Waals surface area (Å²) in [5.74, 6) is 1.44. The molecular formula is C45H31N3. The van der Waals surface area contributed by atoms with E-state index in [1.165, 1.54) is 66.8 Å². The molecule has 48 heavy (non-hydrogen) atoms. The van der Waals surface area contributed by atoms with E-state index in [0.29, 0.717) is 0 Å². The first-order valence-corrected chi connectivity index (χ1v) is 17.0. The van der Waals surface area contributed by atoms with Crippen LogP contribution in [0.4, 0.5) is 0 Å². The molecule has 0 bridgehead atoms. The van der Waals surface area contributed by atoms with Crippen LogP contribution in [-0.4, -0.2) is 15.0 Å². The normalized spacial score (nSPS) is 16.3. The summed E-state index contributed by atoms with van der Waals surface area (Å²) in [6.45, 7) is 0. The second-order valence-corrected chi connectivity index (χ2v) is 14.2. The highest BCUT2D eigenvalue weighted by atomic mass is 15.0. The molecular weight excluding hydrogens is 583 g/mol. The molecule has 0 saturated heterocycles. The number of hydrogen-bond acceptors (Lipinski definition) is 3. The molecule has 11 rings (SSSR count). The van der Waals surface area contributed by atoms with Crippen LogP contribution in [0.3, 0.4) is 0 Å². The van der Waals surface area contributed by atoms with Crippen molar-refractivity contribution in [1.29, 1.82) is 0 Å². The minimum atomic E-state index is -0.0658. The number of benzene rings is 6. The summed E-state index contributed by atoms with van der Waals surface area (Å²) in [6.07, 6.45) is 5.75. The molecule has 1 heterocycles. The number of fused-ring (bicyclic) bond motifs is 12. The molecule has 6 aromatic carbocycles. The molecule has 0 saturated carbocycles. The van der Waals surface area contributed by atoms with Gasteiger partial charge in [-0.1, -0.05) is 121 Å². The predicted octanol–water partition coefficient (Wildman–Crippen LogP) is 9.34. The van der Waals surface area contributed by atoms with E-state index in [9.17, 15) is 0 Å². The summed E-state index contributed by atoms with van der Waals surface area (Å²) in [7, 11) is 0. The zero-order valence-electron chi connectivity index (χ0n) is 26.4. The predicted molar refractivity (Wildman–Crippen MR) is 191 cm³/mol. The summed E-state index contributed by atoms with van der Waals surface area (Å²) < 4.78 is 0. The van der Waals surface area contributed by atoms with Gasteiger partial charge in [-0.3, -0.25) is 0 Å². The first-order valence-electron chi connectivity index (χ1n) is 17.0. The number of hydrogen-bond donors (Lipinski definition) is 0. The maximum atomic E-state index is 5.15. The first kappa shape index (κ1) is 26.4. The molecule has 0 aliphatic heterocycles. The van der Waals surface area contributed by atoms with Gasteiger partial charge in [0.25, 0.3) is 0 Å². The lowest BCUT2D eigenvalue weighted by molar-refractivity contribution is 0.564. The lowest BCUT2D eigenvalue weighted by Crippen LogP contribution is -2.25. The Morgan fingerprint density at radius 1 is 0.375 bits per heavy atom. The summed E-state index contributed by atoms with van der Waals surface area (Å²) in [6, 6.07) is 49.6. The average Bonchev–Trinajstić information content (AvgIpc) is 3.88. The summed E-state index contributed by atoms with van der Waals surface area (Å²) in [5, 5.41) is 0. The van der Waals surface area contributed by atoms with Gasteiger partial charge in [-0.05, 0) is 105 Å². The Balaban J connectivity index is 1.02. The smallest absolute Gasteiger partial charge is 0.163 e. The third kappa shape index (κ3) is 3.46. The highest BCUT2D eigenvalue weighted by Crippen LogP contribution is 2.57. The summed E-state index contributed by atoms with van der Waals surface area (Å²) in [4.78, 5) is 14.6. The van der Waals surface area contributed by atoms with E-state index < -0.39 is 0 Å². The van der Waals surface area contributed by atoms with Crippen LogP contribution in [0.15, 0.2) is 140 Å². The molecule has 226 valence electrons. The zero-order valence-corrected chi connectivity index (χ0v) is 26.4. The van der Waals surface area contributed by atoms with E-state index in [1.807, 2.05) is 0 Å². The van der Waals surface area contributed by atoms with Gasteiger partial charge >= 0.3 is 0 Å². The van der Waals surface area contributed by atoms with Crippen LogP contribution in [0.1, 0.15) is 44.5 Å². The van der Waals surface area contributed by atoms with Crippen molar-refractivity contribution in [2.45, 2.75) is 36.5 Å². The Bertz CT molecular complexity index is 2270. The molecule has 4 aliphatic rings. The van der Waals surface area contributed by atoms with Crippen molar-refractivity contribution in [2.24, 2.45) is 0 Å². The monoisotopic (exact) mass is 613 g/mol. The van der Waals surface area contributed by atoms with Gasteiger partial charge in [0.15, 0.2) is 11.6 Å². The van der Waals surface area contributed by atoms with Gasteiger partial charge in [0.1, 0.15) is 6.33 Å². The maximum absolute atomic E-state index is 5.15. The minimum absolute atomic E-state index is 0.0658. The second-order valence-electron chi connectivity index (χ2n) is 14.2. The number of aromatic nitrogens is 3. The molecule has 0 N–H and O–H groups in total. The molecule has 3 nitrogen and oxygen atoms in total. The largest absolute Gasteiger partial charge is 0.217 e. The van der Waals surface area contributed by atoms with Crippen molar-refractivity contribution in [3.8, 4) is 45.0 Å². The molecule has 0 fully saturated rings. The van der Waals surface area contributed by atoms with Gasteiger partial charge in [-0.15, -0.1) is 0 Å². The molecule has 3 heteroatoms. The molecule has 4 aliphatic carbocycles. The van der Waals surface area contributed by atoms with Gasteiger partial charge < -0.3 is 0 Å². The van der Waals surface area contributed by atoms with Crippen molar-refractivity contribution in [3.05, 3.63) is 184 Å².